The number of hydrogen-bond acceptors (Lipinski definition) is 3. The molecule has 0 amide bonds. The van der Waals surface area contributed by atoms with Gasteiger partial charge in [0.1, 0.15) is 6.04 Å². The van der Waals surface area contributed by atoms with Crippen LogP contribution in [-0.4, -0.2) is 48.9 Å². The average Bonchev–Trinajstić information content (AvgIpc) is 2.04. The summed E-state index contributed by atoms with van der Waals surface area (Å²) >= 11 is 0. The molecule has 1 aliphatic heterocycles. The van der Waals surface area contributed by atoms with Crippen LogP contribution in [0.2, 0.25) is 0 Å². The van der Waals surface area contributed by atoms with Gasteiger partial charge in [-0.25, -0.2) is 0 Å². The van der Waals surface area contributed by atoms with Gasteiger partial charge in [0, 0.05) is 12.8 Å². The van der Waals surface area contributed by atoms with Gasteiger partial charge in [-0.2, -0.15) is 0 Å². The number of dihydropyridines is 1. The fourth-order valence-corrected chi connectivity index (χ4v) is 1.37. The van der Waals surface area contributed by atoms with Gasteiger partial charge in [0.2, 0.25) is 0 Å². The van der Waals surface area contributed by atoms with Crippen molar-refractivity contribution < 1.29 is 9.90 Å². The molecule has 1 N–H and O–H groups in total. The average molecular weight is 182 g/mol. The van der Waals surface area contributed by atoms with E-state index in [9.17, 15) is 4.79 Å². The molecule has 4 heteroatoms. The zero-order chi connectivity index (χ0) is 9.84. The van der Waals surface area contributed by atoms with Crippen LogP contribution >= 0.6 is 0 Å². The minimum absolute atomic E-state index is 0.566. The van der Waals surface area contributed by atoms with Gasteiger partial charge in [0.25, 0.3) is 0 Å². The maximum absolute atomic E-state index is 10.9. The number of aliphatic imine (C=N–C) groups is 1. The van der Waals surface area contributed by atoms with Crippen molar-refractivity contribution in [1.29, 1.82) is 0 Å². The van der Waals surface area contributed by atoms with E-state index in [2.05, 4.69) is 4.99 Å². The van der Waals surface area contributed by atoms with E-state index >= 15 is 0 Å². The first-order valence-corrected chi connectivity index (χ1v) is 4.22. The third-order valence-corrected chi connectivity index (χ3v) is 1.94. The molecule has 13 heavy (non-hydrogen) atoms. The van der Waals surface area contributed by atoms with E-state index in [1.54, 1.807) is 25.2 Å². The number of nitrogens with zero attached hydrogens (tertiary/aromatic N) is 2. The number of rotatable bonds is 3. The molecule has 0 fully saturated rings. The van der Waals surface area contributed by atoms with Gasteiger partial charge in [-0.15, -0.1) is 0 Å². The van der Waals surface area contributed by atoms with Crippen LogP contribution in [0.25, 0.3) is 0 Å². The first-order valence-electron chi connectivity index (χ1n) is 4.22. The first-order chi connectivity index (χ1) is 6.13. The molecule has 1 heterocycles. The lowest BCUT2D eigenvalue weighted by molar-refractivity contribution is -0.140. The second kappa shape index (κ2) is 4.18. The van der Waals surface area contributed by atoms with Crippen molar-refractivity contribution in [3.05, 3.63) is 11.6 Å². The fraction of sp³-hybridized carbons (Fsp3) is 0.556. The van der Waals surface area contributed by atoms with Gasteiger partial charge >= 0.3 is 5.97 Å². The molecule has 4 nitrogen and oxygen atoms in total. The highest BCUT2D eigenvalue weighted by atomic mass is 16.4. The first kappa shape index (κ1) is 9.92. The molecule has 0 spiro atoms. The van der Waals surface area contributed by atoms with Crippen molar-refractivity contribution in [2.24, 2.45) is 4.99 Å². The van der Waals surface area contributed by atoms with Gasteiger partial charge in [0.05, 0.1) is 0 Å². The van der Waals surface area contributed by atoms with Crippen LogP contribution in [-0.2, 0) is 4.79 Å². The molecule has 0 aliphatic carbocycles. The predicted molar refractivity (Wildman–Crippen MR) is 51.2 cm³/mol. The summed E-state index contributed by atoms with van der Waals surface area (Å²) in [4.78, 5) is 16.6. The smallest absolute Gasteiger partial charge is 0.325 e. The number of carboxylic acid groups (broad SMARTS) is 1. The lowest BCUT2D eigenvalue weighted by Gasteiger charge is -2.21. The summed E-state index contributed by atoms with van der Waals surface area (Å²) in [6.07, 6.45) is 4.43. The topological polar surface area (TPSA) is 52.9 Å². The zero-order valence-electron chi connectivity index (χ0n) is 7.90. The fourth-order valence-electron chi connectivity index (χ4n) is 1.37. The van der Waals surface area contributed by atoms with Crippen LogP contribution < -0.4 is 0 Å². The van der Waals surface area contributed by atoms with Crippen LogP contribution in [0.3, 0.4) is 0 Å². The largest absolute Gasteiger partial charge is 0.480 e. The molecule has 0 aromatic carbocycles. The second-order valence-electron chi connectivity index (χ2n) is 3.23. The lowest BCUT2D eigenvalue weighted by atomic mass is 10.0. The monoisotopic (exact) mass is 182 g/mol. The van der Waals surface area contributed by atoms with E-state index in [1.165, 1.54) is 0 Å². The number of likely N-dealkylation sites (N-methyl/N-ethyl adjacent to an activating group) is 1. The predicted octanol–water partition coefficient (Wildman–Crippen LogP) is 0.402. The molecule has 1 atom stereocenters. The molecule has 0 aromatic heterocycles. The van der Waals surface area contributed by atoms with Crippen LogP contribution in [0.5, 0.6) is 0 Å². The molecule has 0 saturated heterocycles. The second-order valence-corrected chi connectivity index (χ2v) is 3.23. The molecular weight excluding hydrogens is 168 g/mol. The molecule has 0 aromatic rings. The Balaban J connectivity index is 2.81. The molecule has 1 rings (SSSR count). The van der Waals surface area contributed by atoms with Gasteiger partial charge in [-0.3, -0.25) is 14.7 Å². The van der Waals surface area contributed by atoms with Crippen molar-refractivity contribution in [1.82, 2.24) is 4.90 Å². The molecule has 0 radical (unpaired) electrons. The number of carbonyl (C=O) groups is 1. The van der Waals surface area contributed by atoms with Crippen molar-refractivity contribution in [2.45, 2.75) is 12.5 Å². The molecule has 0 saturated carbocycles. The Morgan fingerprint density at radius 1 is 1.69 bits per heavy atom. The molecule has 1 unspecified atom stereocenters. The third kappa shape index (κ3) is 2.39. The van der Waals surface area contributed by atoms with Crippen molar-refractivity contribution in [2.75, 3.05) is 20.6 Å². The maximum atomic E-state index is 10.9. The Morgan fingerprint density at radius 3 is 2.77 bits per heavy atom. The molecular formula is C9H14N2O2. The summed E-state index contributed by atoms with van der Waals surface area (Å²) in [7, 11) is 3.50. The number of hydrogen-bond donors (Lipinski definition) is 1. The summed E-state index contributed by atoms with van der Waals surface area (Å²) in [5.74, 6) is -0.829. The number of carboxylic acids is 1. The minimum Gasteiger partial charge on any atom is -0.480 e. The van der Waals surface area contributed by atoms with Gasteiger partial charge in [0.15, 0.2) is 0 Å². The summed E-state index contributed by atoms with van der Waals surface area (Å²) in [5, 5.41) is 8.95. The Kier molecular flexibility index (Phi) is 3.19. The third-order valence-electron chi connectivity index (χ3n) is 1.94. The SMILES string of the molecule is CN(C)C(C(=O)O)C1=CCCN=C1. The van der Waals surface area contributed by atoms with Gasteiger partial charge < -0.3 is 5.11 Å². The minimum atomic E-state index is -0.829. The van der Waals surface area contributed by atoms with E-state index in [0.717, 1.165) is 18.5 Å². The zero-order valence-corrected chi connectivity index (χ0v) is 7.90. The van der Waals surface area contributed by atoms with E-state index in [-0.39, 0.29) is 0 Å². The van der Waals surface area contributed by atoms with E-state index in [4.69, 9.17) is 5.11 Å². The summed E-state index contributed by atoms with van der Waals surface area (Å²) in [6.45, 7) is 0.767. The van der Waals surface area contributed by atoms with E-state index < -0.39 is 12.0 Å². The Bertz CT molecular complexity index is 256. The highest BCUT2D eigenvalue weighted by molar-refractivity contribution is 5.91. The quantitative estimate of drug-likeness (QED) is 0.687. The number of aliphatic carboxylic acids is 1. The van der Waals surface area contributed by atoms with E-state index in [1.807, 2.05) is 6.08 Å². The van der Waals surface area contributed by atoms with Crippen molar-refractivity contribution in [3.63, 3.8) is 0 Å². The highest BCUT2D eigenvalue weighted by Gasteiger charge is 2.23. The standard InChI is InChI=1S/C9H14N2O2/c1-11(2)8(9(12)13)7-4-3-5-10-6-7/h4,6,8H,3,5H2,1-2H3,(H,12,13). The highest BCUT2D eigenvalue weighted by Crippen LogP contribution is 2.10. The maximum Gasteiger partial charge on any atom is 0.325 e. The summed E-state index contributed by atoms with van der Waals surface area (Å²) < 4.78 is 0. The normalized spacial score (nSPS) is 18.5. The van der Waals surface area contributed by atoms with Crippen LogP contribution in [0.15, 0.2) is 16.6 Å². The Hall–Kier alpha value is -1.16. The molecule has 72 valence electrons. The van der Waals surface area contributed by atoms with Gasteiger partial charge in [-0.05, 0) is 26.1 Å². The van der Waals surface area contributed by atoms with E-state index in [0.29, 0.717) is 0 Å². The van der Waals surface area contributed by atoms with Crippen LogP contribution in [0, 0.1) is 0 Å². The molecule has 1 aliphatic rings. The summed E-state index contributed by atoms with van der Waals surface area (Å²) in [6, 6.07) is -0.566. The van der Waals surface area contributed by atoms with Crippen LogP contribution in [0.1, 0.15) is 6.42 Å². The molecule has 0 bridgehead atoms. The van der Waals surface area contributed by atoms with Crippen molar-refractivity contribution in [3.8, 4) is 0 Å². The van der Waals surface area contributed by atoms with Crippen LogP contribution in [0.4, 0.5) is 0 Å². The summed E-state index contributed by atoms with van der Waals surface area (Å²) in [5.41, 5.74) is 0.781. The Morgan fingerprint density at radius 2 is 2.38 bits per heavy atom. The Labute approximate surface area is 77.6 Å². The van der Waals surface area contributed by atoms with Crippen molar-refractivity contribution >= 4 is 12.2 Å². The van der Waals surface area contributed by atoms with Gasteiger partial charge in [-0.1, -0.05) is 6.08 Å². The lowest BCUT2D eigenvalue weighted by Crippen LogP contribution is -2.38.